The summed E-state index contributed by atoms with van der Waals surface area (Å²) >= 11 is 0. The molecule has 1 aliphatic carbocycles. The molecule has 1 aromatic rings. The molecule has 0 radical (unpaired) electrons. The van der Waals surface area contributed by atoms with Crippen LogP contribution in [0.4, 0.5) is 10.7 Å². The largest absolute Gasteiger partial charge is 0.446 e. The monoisotopic (exact) mass is 389 g/mol. The summed E-state index contributed by atoms with van der Waals surface area (Å²) in [6, 6.07) is 0. The number of aryl methyl sites for hydroxylation is 1. The molecule has 0 spiro atoms. The molecule has 2 amide bonds. The summed E-state index contributed by atoms with van der Waals surface area (Å²) in [5.41, 5.74) is 6.36. The highest BCUT2D eigenvalue weighted by Crippen LogP contribution is 2.20. The van der Waals surface area contributed by atoms with E-state index in [4.69, 9.17) is 10.5 Å². The van der Waals surface area contributed by atoms with Crippen LogP contribution in [0.25, 0.3) is 0 Å². The number of aromatic nitrogens is 2. The van der Waals surface area contributed by atoms with E-state index in [-0.39, 0.29) is 24.1 Å². The van der Waals surface area contributed by atoms with Gasteiger partial charge in [0.2, 0.25) is 11.9 Å². The van der Waals surface area contributed by atoms with Crippen molar-refractivity contribution in [1.82, 2.24) is 19.8 Å². The van der Waals surface area contributed by atoms with Crippen LogP contribution in [0.5, 0.6) is 0 Å². The molecule has 8 nitrogen and oxygen atoms in total. The lowest BCUT2D eigenvalue weighted by Gasteiger charge is -2.35. The number of amides is 2. The van der Waals surface area contributed by atoms with Crippen LogP contribution in [0, 0.1) is 0 Å². The molecule has 8 heteroatoms. The highest BCUT2D eigenvalue weighted by Gasteiger charge is 2.26. The molecule has 1 aliphatic heterocycles. The maximum absolute atomic E-state index is 12.5. The molecule has 28 heavy (non-hydrogen) atoms. The van der Waals surface area contributed by atoms with E-state index in [1.165, 1.54) is 19.3 Å². The SMILES string of the molecule is Nc1ncc(CCC(=O)N2CCN(C(=O)OC3CCCCCCC3)CC2)cn1. The molecule has 0 aromatic carbocycles. The van der Waals surface area contributed by atoms with Crippen LogP contribution < -0.4 is 5.73 Å². The molecule has 2 aliphatic rings. The number of piperazine rings is 1. The Labute approximate surface area is 166 Å². The Hall–Kier alpha value is -2.38. The third kappa shape index (κ3) is 6.07. The van der Waals surface area contributed by atoms with Crippen LogP contribution in [0.15, 0.2) is 12.4 Å². The maximum atomic E-state index is 12.5. The number of hydrogen-bond donors (Lipinski definition) is 1. The van der Waals surface area contributed by atoms with Crippen LogP contribution in [0.1, 0.15) is 56.9 Å². The summed E-state index contributed by atoms with van der Waals surface area (Å²) in [4.78, 5) is 36.3. The molecule has 154 valence electrons. The fraction of sp³-hybridized carbons (Fsp3) is 0.700. The van der Waals surface area contributed by atoms with Crippen molar-refractivity contribution in [3.63, 3.8) is 0 Å². The van der Waals surface area contributed by atoms with E-state index in [9.17, 15) is 9.59 Å². The number of rotatable bonds is 4. The fourth-order valence-electron chi connectivity index (χ4n) is 3.80. The van der Waals surface area contributed by atoms with Gasteiger partial charge >= 0.3 is 6.09 Å². The van der Waals surface area contributed by atoms with Gasteiger partial charge in [0, 0.05) is 45.0 Å². The van der Waals surface area contributed by atoms with Crippen molar-refractivity contribution < 1.29 is 14.3 Å². The number of hydrogen-bond acceptors (Lipinski definition) is 6. The summed E-state index contributed by atoms with van der Waals surface area (Å²) in [5.74, 6) is 0.322. The van der Waals surface area contributed by atoms with E-state index < -0.39 is 0 Å². The second-order valence-electron chi connectivity index (χ2n) is 7.67. The number of ether oxygens (including phenoxy) is 1. The number of nitrogen functional groups attached to an aromatic ring is 1. The predicted molar refractivity (Wildman–Crippen MR) is 106 cm³/mol. The second-order valence-corrected chi connectivity index (χ2v) is 7.67. The van der Waals surface area contributed by atoms with Gasteiger partial charge in [-0.25, -0.2) is 14.8 Å². The van der Waals surface area contributed by atoms with Gasteiger partial charge < -0.3 is 20.3 Å². The molecule has 2 heterocycles. The van der Waals surface area contributed by atoms with Crippen LogP contribution in [0.2, 0.25) is 0 Å². The second kappa shape index (κ2) is 10.2. The molecular weight excluding hydrogens is 358 g/mol. The van der Waals surface area contributed by atoms with Crippen molar-refractivity contribution in [3.8, 4) is 0 Å². The minimum Gasteiger partial charge on any atom is -0.446 e. The van der Waals surface area contributed by atoms with Gasteiger partial charge in [0.25, 0.3) is 0 Å². The topological polar surface area (TPSA) is 102 Å². The Morgan fingerprint density at radius 3 is 2.18 bits per heavy atom. The lowest BCUT2D eigenvalue weighted by Crippen LogP contribution is -2.51. The number of anilines is 1. The fourth-order valence-corrected chi connectivity index (χ4v) is 3.80. The number of carbonyl (C=O) groups is 2. The van der Waals surface area contributed by atoms with E-state index in [0.29, 0.717) is 39.0 Å². The number of nitrogens with two attached hydrogens (primary N) is 1. The third-order valence-electron chi connectivity index (χ3n) is 5.56. The van der Waals surface area contributed by atoms with Crippen molar-refractivity contribution in [2.45, 2.75) is 63.9 Å². The van der Waals surface area contributed by atoms with Crippen molar-refractivity contribution >= 4 is 17.9 Å². The number of nitrogens with zero attached hydrogens (tertiary/aromatic N) is 4. The van der Waals surface area contributed by atoms with Crippen molar-refractivity contribution in [2.24, 2.45) is 0 Å². The van der Waals surface area contributed by atoms with E-state index in [1.54, 1.807) is 17.3 Å². The Kier molecular flexibility index (Phi) is 7.45. The van der Waals surface area contributed by atoms with Gasteiger partial charge in [0.15, 0.2) is 0 Å². The van der Waals surface area contributed by atoms with Gasteiger partial charge in [-0.1, -0.05) is 19.3 Å². The predicted octanol–water partition coefficient (Wildman–Crippen LogP) is 2.39. The molecule has 1 saturated carbocycles. The van der Waals surface area contributed by atoms with Gasteiger partial charge in [-0.15, -0.1) is 0 Å². The summed E-state index contributed by atoms with van der Waals surface area (Å²) < 4.78 is 5.74. The summed E-state index contributed by atoms with van der Waals surface area (Å²) in [6.07, 6.45) is 12.1. The molecule has 0 atom stereocenters. The zero-order valence-corrected chi connectivity index (χ0v) is 16.5. The summed E-state index contributed by atoms with van der Waals surface area (Å²) in [5, 5.41) is 0. The lowest BCUT2D eigenvalue weighted by atomic mass is 9.99. The molecule has 2 fully saturated rings. The highest BCUT2D eigenvalue weighted by atomic mass is 16.6. The molecule has 0 unspecified atom stereocenters. The van der Waals surface area contributed by atoms with Crippen LogP contribution >= 0.6 is 0 Å². The first kappa shape index (κ1) is 20.4. The standard InChI is InChI=1S/C20H31N5O3/c21-19-22-14-16(15-23-19)8-9-18(26)24-10-12-25(13-11-24)20(27)28-17-6-4-2-1-3-5-7-17/h14-15,17H,1-13H2,(H2,21,22,23). The van der Waals surface area contributed by atoms with Gasteiger partial charge in [-0.05, 0) is 37.7 Å². The Morgan fingerprint density at radius 2 is 1.54 bits per heavy atom. The lowest BCUT2D eigenvalue weighted by molar-refractivity contribution is -0.132. The zero-order chi connectivity index (χ0) is 19.8. The Bertz CT molecular complexity index is 636. The van der Waals surface area contributed by atoms with Gasteiger partial charge in [0.05, 0.1) is 0 Å². The number of carbonyl (C=O) groups excluding carboxylic acids is 2. The smallest absolute Gasteiger partial charge is 0.410 e. The van der Waals surface area contributed by atoms with Gasteiger partial charge in [-0.2, -0.15) is 0 Å². The average molecular weight is 390 g/mol. The highest BCUT2D eigenvalue weighted by molar-refractivity contribution is 5.77. The van der Waals surface area contributed by atoms with Gasteiger partial charge in [0.1, 0.15) is 6.10 Å². The van der Waals surface area contributed by atoms with E-state index in [1.807, 2.05) is 4.90 Å². The van der Waals surface area contributed by atoms with Crippen LogP contribution in [-0.4, -0.2) is 64.1 Å². The summed E-state index contributed by atoms with van der Waals surface area (Å²) in [7, 11) is 0. The van der Waals surface area contributed by atoms with Crippen molar-refractivity contribution in [3.05, 3.63) is 18.0 Å². The van der Waals surface area contributed by atoms with Gasteiger partial charge in [-0.3, -0.25) is 4.79 Å². The van der Waals surface area contributed by atoms with E-state index >= 15 is 0 Å². The van der Waals surface area contributed by atoms with E-state index in [2.05, 4.69) is 9.97 Å². The van der Waals surface area contributed by atoms with Crippen LogP contribution in [-0.2, 0) is 16.0 Å². The molecule has 0 bridgehead atoms. The molecule has 3 rings (SSSR count). The Balaban J connectivity index is 1.38. The zero-order valence-electron chi connectivity index (χ0n) is 16.5. The first-order valence-corrected chi connectivity index (χ1v) is 10.4. The summed E-state index contributed by atoms with van der Waals surface area (Å²) in [6.45, 7) is 2.16. The maximum Gasteiger partial charge on any atom is 0.410 e. The first-order valence-electron chi connectivity index (χ1n) is 10.4. The van der Waals surface area contributed by atoms with E-state index in [0.717, 1.165) is 31.2 Å². The normalized spacial score (nSPS) is 19.0. The molecule has 2 N–H and O–H groups in total. The molecule has 1 aromatic heterocycles. The molecule has 1 saturated heterocycles. The minimum absolute atomic E-state index is 0.0505. The molecular formula is C20H31N5O3. The average Bonchev–Trinajstić information content (AvgIpc) is 2.69. The van der Waals surface area contributed by atoms with Crippen molar-refractivity contribution in [1.29, 1.82) is 0 Å². The first-order chi connectivity index (χ1) is 13.6. The quantitative estimate of drug-likeness (QED) is 0.848. The van der Waals surface area contributed by atoms with Crippen molar-refractivity contribution in [2.75, 3.05) is 31.9 Å². The Morgan fingerprint density at radius 1 is 0.964 bits per heavy atom. The third-order valence-corrected chi connectivity index (χ3v) is 5.56. The minimum atomic E-state index is -0.225. The van der Waals surface area contributed by atoms with Crippen LogP contribution in [0.3, 0.4) is 0 Å².